The quantitative estimate of drug-likeness (QED) is 0.745. The molecule has 1 aromatic rings. The summed E-state index contributed by atoms with van der Waals surface area (Å²) in [5.41, 5.74) is 8.29. The molecule has 0 bridgehead atoms. The van der Waals surface area contributed by atoms with Gasteiger partial charge in [0.05, 0.1) is 6.20 Å². The van der Waals surface area contributed by atoms with Crippen molar-refractivity contribution in [1.29, 1.82) is 0 Å². The molecule has 74 valence electrons. The van der Waals surface area contributed by atoms with Gasteiger partial charge in [0.1, 0.15) is 0 Å². The molecule has 0 atom stereocenters. The molecule has 3 nitrogen and oxygen atoms in total. The number of nitrogens with two attached hydrogens (primary N) is 1. The van der Waals surface area contributed by atoms with Gasteiger partial charge in [-0.15, -0.1) is 0 Å². The molecule has 0 unspecified atom stereocenters. The maximum atomic E-state index is 5.56. The standard InChI is InChI=1S/C10H19N3/c1-10(2,3)8-7-12-13(4)9(8)5-6-11/h7H,5-6,11H2,1-4H3. The van der Waals surface area contributed by atoms with Crippen LogP contribution in [-0.4, -0.2) is 16.3 Å². The maximum Gasteiger partial charge on any atom is 0.0529 e. The Morgan fingerprint density at radius 3 is 2.54 bits per heavy atom. The van der Waals surface area contributed by atoms with Crippen molar-refractivity contribution in [1.82, 2.24) is 9.78 Å². The molecule has 0 saturated carbocycles. The van der Waals surface area contributed by atoms with Gasteiger partial charge in [-0.3, -0.25) is 4.68 Å². The summed E-state index contributed by atoms with van der Waals surface area (Å²) < 4.78 is 1.92. The van der Waals surface area contributed by atoms with Crippen LogP contribution in [0.5, 0.6) is 0 Å². The van der Waals surface area contributed by atoms with Crippen molar-refractivity contribution < 1.29 is 0 Å². The van der Waals surface area contributed by atoms with Crippen LogP contribution in [-0.2, 0) is 18.9 Å². The number of aromatic nitrogens is 2. The molecule has 0 aliphatic carbocycles. The Balaban J connectivity index is 3.07. The Morgan fingerprint density at radius 1 is 1.46 bits per heavy atom. The summed E-state index contributed by atoms with van der Waals surface area (Å²) in [7, 11) is 1.97. The summed E-state index contributed by atoms with van der Waals surface area (Å²) in [5, 5.41) is 4.26. The largest absolute Gasteiger partial charge is 0.330 e. The zero-order valence-electron chi connectivity index (χ0n) is 8.96. The third-order valence-electron chi connectivity index (χ3n) is 2.25. The molecule has 1 aromatic heterocycles. The van der Waals surface area contributed by atoms with Crippen LogP contribution in [0.1, 0.15) is 32.0 Å². The van der Waals surface area contributed by atoms with Gasteiger partial charge in [-0.2, -0.15) is 5.10 Å². The van der Waals surface area contributed by atoms with E-state index < -0.39 is 0 Å². The molecule has 0 fully saturated rings. The van der Waals surface area contributed by atoms with Crippen molar-refractivity contribution in [2.75, 3.05) is 6.54 Å². The number of hydrogen-bond acceptors (Lipinski definition) is 2. The van der Waals surface area contributed by atoms with Crippen LogP contribution in [0, 0.1) is 0 Å². The van der Waals surface area contributed by atoms with Crippen LogP contribution in [0.25, 0.3) is 0 Å². The summed E-state index contributed by atoms with van der Waals surface area (Å²) in [6.07, 6.45) is 2.86. The van der Waals surface area contributed by atoms with Crippen LogP contribution in [0.4, 0.5) is 0 Å². The average Bonchev–Trinajstić information content (AvgIpc) is 2.32. The Bertz CT molecular complexity index is 281. The lowest BCUT2D eigenvalue weighted by atomic mass is 9.86. The molecule has 0 aromatic carbocycles. The van der Waals surface area contributed by atoms with E-state index in [4.69, 9.17) is 5.73 Å². The fraction of sp³-hybridized carbons (Fsp3) is 0.700. The zero-order chi connectivity index (χ0) is 10.1. The third-order valence-corrected chi connectivity index (χ3v) is 2.25. The van der Waals surface area contributed by atoms with E-state index in [1.165, 1.54) is 11.3 Å². The molecule has 0 spiro atoms. The number of rotatable bonds is 2. The first-order valence-corrected chi connectivity index (χ1v) is 4.68. The predicted octanol–water partition coefficient (Wildman–Crippen LogP) is 1.22. The second-order valence-electron chi connectivity index (χ2n) is 4.42. The van der Waals surface area contributed by atoms with E-state index in [-0.39, 0.29) is 5.41 Å². The molecule has 3 heteroatoms. The van der Waals surface area contributed by atoms with Crippen molar-refractivity contribution >= 4 is 0 Å². The first-order chi connectivity index (χ1) is 5.96. The van der Waals surface area contributed by atoms with E-state index in [0.717, 1.165) is 6.42 Å². The highest BCUT2D eigenvalue weighted by atomic mass is 15.3. The summed E-state index contributed by atoms with van der Waals surface area (Å²) in [6.45, 7) is 7.28. The summed E-state index contributed by atoms with van der Waals surface area (Å²) in [4.78, 5) is 0. The molecule has 2 N–H and O–H groups in total. The van der Waals surface area contributed by atoms with Crippen LogP contribution < -0.4 is 5.73 Å². The highest BCUT2D eigenvalue weighted by molar-refractivity contribution is 5.25. The SMILES string of the molecule is Cn1ncc(C(C)(C)C)c1CCN. The lowest BCUT2D eigenvalue weighted by Gasteiger charge is -2.18. The monoisotopic (exact) mass is 181 g/mol. The molecule has 0 aliphatic rings. The van der Waals surface area contributed by atoms with Crippen LogP contribution in [0.3, 0.4) is 0 Å². The fourth-order valence-corrected chi connectivity index (χ4v) is 1.52. The highest BCUT2D eigenvalue weighted by Gasteiger charge is 2.20. The molecule has 0 saturated heterocycles. The Morgan fingerprint density at radius 2 is 2.08 bits per heavy atom. The molecule has 1 heterocycles. The second-order valence-corrected chi connectivity index (χ2v) is 4.42. The molecule has 0 radical (unpaired) electrons. The minimum Gasteiger partial charge on any atom is -0.330 e. The van der Waals surface area contributed by atoms with Gasteiger partial charge >= 0.3 is 0 Å². The van der Waals surface area contributed by atoms with E-state index in [1.54, 1.807) is 0 Å². The Kier molecular flexibility index (Phi) is 2.76. The van der Waals surface area contributed by atoms with E-state index in [2.05, 4.69) is 25.9 Å². The van der Waals surface area contributed by atoms with Gasteiger partial charge in [0.15, 0.2) is 0 Å². The van der Waals surface area contributed by atoms with E-state index >= 15 is 0 Å². The molecule has 0 aliphatic heterocycles. The maximum absolute atomic E-state index is 5.56. The predicted molar refractivity (Wildman–Crippen MR) is 54.7 cm³/mol. The van der Waals surface area contributed by atoms with E-state index in [9.17, 15) is 0 Å². The smallest absolute Gasteiger partial charge is 0.0529 e. The van der Waals surface area contributed by atoms with Crippen molar-refractivity contribution in [2.24, 2.45) is 12.8 Å². The van der Waals surface area contributed by atoms with Crippen LogP contribution in [0.15, 0.2) is 6.20 Å². The van der Waals surface area contributed by atoms with Crippen LogP contribution >= 0.6 is 0 Å². The van der Waals surface area contributed by atoms with Crippen molar-refractivity contribution in [3.63, 3.8) is 0 Å². The second kappa shape index (κ2) is 3.50. The van der Waals surface area contributed by atoms with Crippen molar-refractivity contribution in [3.05, 3.63) is 17.5 Å². The van der Waals surface area contributed by atoms with Gasteiger partial charge in [-0.25, -0.2) is 0 Å². The van der Waals surface area contributed by atoms with Gasteiger partial charge in [-0.1, -0.05) is 20.8 Å². The van der Waals surface area contributed by atoms with Gasteiger partial charge in [0.25, 0.3) is 0 Å². The van der Waals surface area contributed by atoms with Gasteiger partial charge in [0, 0.05) is 19.2 Å². The van der Waals surface area contributed by atoms with Crippen molar-refractivity contribution in [2.45, 2.75) is 32.6 Å². The average molecular weight is 181 g/mol. The number of aryl methyl sites for hydroxylation is 1. The van der Waals surface area contributed by atoms with E-state index in [1.807, 2.05) is 17.9 Å². The number of nitrogens with zero attached hydrogens (tertiary/aromatic N) is 2. The van der Waals surface area contributed by atoms with Crippen LogP contribution in [0.2, 0.25) is 0 Å². The fourth-order valence-electron chi connectivity index (χ4n) is 1.52. The normalized spacial score (nSPS) is 12.1. The molecular weight excluding hydrogens is 162 g/mol. The first kappa shape index (κ1) is 10.3. The molecule has 1 rings (SSSR count). The Labute approximate surface area is 79.9 Å². The van der Waals surface area contributed by atoms with E-state index in [0.29, 0.717) is 6.54 Å². The van der Waals surface area contributed by atoms with Gasteiger partial charge < -0.3 is 5.73 Å². The number of hydrogen-bond donors (Lipinski definition) is 1. The first-order valence-electron chi connectivity index (χ1n) is 4.68. The Hall–Kier alpha value is -0.830. The molecule has 0 amide bonds. The summed E-state index contributed by atoms with van der Waals surface area (Å²) in [6, 6.07) is 0. The lowest BCUT2D eigenvalue weighted by molar-refractivity contribution is 0.576. The third kappa shape index (κ3) is 2.10. The minimum atomic E-state index is 0.165. The van der Waals surface area contributed by atoms with Crippen molar-refractivity contribution in [3.8, 4) is 0 Å². The van der Waals surface area contributed by atoms with Gasteiger partial charge in [-0.05, 0) is 17.5 Å². The minimum absolute atomic E-state index is 0.165. The zero-order valence-corrected chi connectivity index (χ0v) is 8.96. The lowest BCUT2D eigenvalue weighted by Crippen LogP contribution is -2.16. The summed E-state index contributed by atoms with van der Waals surface area (Å²) in [5.74, 6) is 0. The van der Waals surface area contributed by atoms with Gasteiger partial charge in [0.2, 0.25) is 0 Å². The molecule has 13 heavy (non-hydrogen) atoms. The topological polar surface area (TPSA) is 43.8 Å². The summed E-state index contributed by atoms with van der Waals surface area (Å²) >= 11 is 0. The molecular formula is C10H19N3. The highest BCUT2D eigenvalue weighted by Crippen LogP contribution is 2.25.